The van der Waals surface area contributed by atoms with Crippen molar-refractivity contribution in [2.45, 2.75) is 18.2 Å². The number of benzene rings is 2. The molecule has 28 heavy (non-hydrogen) atoms. The van der Waals surface area contributed by atoms with Gasteiger partial charge in [-0.1, -0.05) is 18.2 Å². The van der Waals surface area contributed by atoms with Crippen molar-refractivity contribution in [1.82, 2.24) is 10.2 Å². The molecule has 152 valence electrons. The van der Waals surface area contributed by atoms with Crippen LogP contribution in [0, 0.1) is 12.8 Å². The number of likely N-dealkylation sites (tertiary alicyclic amines) is 1. The van der Waals surface area contributed by atoms with Crippen molar-refractivity contribution in [3.8, 4) is 0 Å². The smallest absolute Gasteiger partial charge is 0.261 e. The first-order valence-electron chi connectivity index (χ1n) is 9.02. The third-order valence-electron chi connectivity index (χ3n) is 4.73. The van der Waals surface area contributed by atoms with Gasteiger partial charge in [-0.15, -0.1) is 12.4 Å². The Morgan fingerprint density at radius 2 is 1.93 bits per heavy atom. The second-order valence-corrected chi connectivity index (χ2v) is 8.65. The molecule has 1 fully saturated rings. The minimum Gasteiger partial charge on any atom is -0.338 e. The molecule has 2 aromatic carbocycles. The van der Waals surface area contributed by atoms with Crippen LogP contribution in [0.4, 0.5) is 5.69 Å². The quantitative estimate of drug-likeness (QED) is 0.748. The minimum atomic E-state index is -3.76. The number of aryl methyl sites for hydroxylation is 1. The van der Waals surface area contributed by atoms with Gasteiger partial charge in [0.15, 0.2) is 0 Å². The lowest BCUT2D eigenvalue weighted by Gasteiger charge is -2.17. The number of rotatable bonds is 6. The normalized spacial score (nSPS) is 16.5. The van der Waals surface area contributed by atoms with E-state index in [1.54, 1.807) is 35.2 Å². The first-order chi connectivity index (χ1) is 12.9. The molecule has 0 aromatic heterocycles. The predicted octanol–water partition coefficient (Wildman–Crippen LogP) is 2.90. The van der Waals surface area contributed by atoms with Gasteiger partial charge < -0.3 is 10.2 Å². The molecular weight excluding hydrogens is 398 g/mol. The van der Waals surface area contributed by atoms with Crippen LogP contribution in [-0.2, 0) is 10.0 Å². The van der Waals surface area contributed by atoms with Crippen LogP contribution in [0.25, 0.3) is 0 Å². The molecule has 0 radical (unpaired) electrons. The molecule has 2 aromatic rings. The molecule has 1 aliphatic rings. The molecule has 1 saturated heterocycles. The SMILES string of the molecule is CNCC1CCN(C(=O)c2cccc(S(=O)(=O)Nc3cccc(C)c3)c2)C1.Cl. The molecule has 0 aliphatic carbocycles. The maximum Gasteiger partial charge on any atom is 0.261 e. The molecule has 3 rings (SSSR count). The zero-order chi connectivity index (χ0) is 19.4. The van der Waals surface area contributed by atoms with Crippen LogP contribution < -0.4 is 10.0 Å². The van der Waals surface area contributed by atoms with E-state index in [9.17, 15) is 13.2 Å². The molecule has 1 atom stereocenters. The number of amides is 1. The number of hydrogen-bond acceptors (Lipinski definition) is 4. The highest BCUT2D eigenvalue weighted by Gasteiger charge is 2.27. The Kier molecular flexibility index (Phi) is 7.46. The van der Waals surface area contributed by atoms with Crippen molar-refractivity contribution < 1.29 is 13.2 Å². The number of halogens is 1. The number of nitrogens with one attached hydrogen (secondary N) is 2. The van der Waals surface area contributed by atoms with Crippen molar-refractivity contribution in [3.05, 3.63) is 59.7 Å². The number of carbonyl (C=O) groups is 1. The lowest BCUT2D eigenvalue weighted by atomic mass is 10.1. The Balaban J connectivity index is 0.00000280. The second-order valence-electron chi connectivity index (χ2n) is 6.97. The van der Waals surface area contributed by atoms with E-state index >= 15 is 0 Å². The second kappa shape index (κ2) is 9.41. The molecule has 0 bridgehead atoms. The highest BCUT2D eigenvalue weighted by Crippen LogP contribution is 2.21. The molecule has 1 heterocycles. The van der Waals surface area contributed by atoms with E-state index in [-0.39, 0.29) is 23.2 Å². The van der Waals surface area contributed by atoms with E-state index < -0.39 is 10.0 Å². The summed E-state index contributed by atoms with van der Waals surface area (Å²) in [6, 6.07) is 13.4. The fraction of sp³-hybridized carbons (Fsp3) is 0.350. The Morgan fingerprint density at radius 1 is 1.18 bits per heavy atom. The van der Waals surface area contributed by atoms with E-state index in [0.717, 1.165) is 18.5 Å². The van der Waals surface area contributed by atoms with Crippen molar-refractivity contribution in [3.63, 3.8) is 0 Å². The molecule has 2 N–H and O–H groups in total. The number of hydrogen-bond donors (Lipinski definition) is 2. The van der Waals surface area contributed by atoms with Crippen LogP contribution in [0.1, 0.15) is 22.3 Å². The number of anilines is 1. The van der Waals surface area contributed by atoms with Gasteiger partial charge in [0.1, 0.15) is 0 Å². The van der Waals surface area contributed by atoms with Crippen LogP contribution in [-0.4, -0.2) is 45.9 Å². The lowest BCUT2D eigenvalue weighted by molar-refractivity contribution is 0.0787. The van der Waals surface area contributed by atoms with Gasteiger partial charge in [0.2, 0.25) is 0 Å². The summed E-state index contributed by atoms with van der Waals surface area (Å²) in [6.45, 7) is 4.16. The van der Waals surface area contributed by atoms with E-state index in [0.29, 0.717) is 30.3 Å². The summed E-state index contributed by atoms with van der Waals surface area (Å²) in [5, 5.41) is 3.14. The number of sulfonamides is 1. The summed E-state index contributed by atoms with van der Waals surface area (Å²) in [5.74, 6) is 0.315. The topological polar surface area (TPSA) is 78.5 Å². The van der Waals surface area contributed by atoms with E-state index in [4.69, 9.17) is 0 Å². The fourth-order valence-corrected chi connectivity index (χ4v) is 4.47. The Morgan fingerprint density at radius 3 is 2.64 bits per heavy atom. The van der Waals surface area contributed by atoms with E-state index in [1.807, 2.05) is 20.0 Å². The van der Waals surface area contributed by atoms with Gasteiger partial charge in [-0.25, -0.2) is 8.42 Å². The van der Waals surface area contributed by atoms with Gasteiger partial charge in [0, 0.05) is 24.3 Å². The van der Waals surface area contributed by atoms with Gasteiger partial charge >= 0.3 is 0 Å². The van der Waals surface area contributed by atoms with Crippen LogP contribution in [0.5, 0.6) is 0 Å². The number of nitrogens with zero attached hydrogens (tertiary/aromatic N) is 1. The Bertz CT molecular complexity index is 934. The first kappa shape index (κ1) is 22.2. The highest BCUT2D eigenvalue weighted by atomic mass is 35.5. The van der Waals surface area contributed by atoms with Crippen LogP contribution in [0.15, 0.2) is 53.4 Å². The van der Waals surface area contributed by atoms with Crippen molar-refractivity contribution in [2.24, 2.45) is 5.92 Å². The maximum atomic E-state index is 12.8. The summed E-state index contributed by atoms with van der Waals surface area (Å²) < 4.78 is 28.0. The largest absolute Gasteiger partial charge is 0.338 e. The molecular formula is C20H26ClN3O3S. The molecule has 0 spiro atoms. The van der Waals surface area contributed by atoms with Crippen molar-refractivity contribution >= 4 is 34.0 Å². The van der Waals surface area contributed by atoms with E-state index in [2.05, 4.69) is 10.0 Å². The van der Waals surface area contributed by atoms with Crippen molar-refractivity contribution in [2.75, 3.05) is 31.4 Å². The highest BCUT2D eigenvalue weighted by molar-refractivity contribution is 7.92. The molecule has 1 unspecified atom stereocenters. The summed E-state index contributed by atoms with van der Waals surface area (Å²) in [7, 11) is -1.86. The molecule has 8 heteroatoms. The van der Waals surface area contributed by atoms with Crippen molar-refractivity contribution in [1.29, 1.82) is 0 Å². The van der Waals surface area contributed by atoms with E-state index in [1.165, 1.54) is 12.1 Å². The monoisotopic (exact) mass is 423 g/mol. The molecule has 6 nitrogen and oxygen atoms in total. The standard InChI is InChI=1S/C20H25N3O3S.ClH/c1-15-5-3-7-18(11-15)22-27(25,26)19-8-4-6-17(12-19)20(24)23-10-9-16(14-23)13-21-2;/h3-8,11-12,16,21-22H,9-10,13-14H2,1-2H3;1H. The summed E-state index contributed by atoms with van der Waals surface area (Å²) in [4.78, 5) is 14.6. The fourth-order valence-electron chi connectivity index (χ4n) is 3.37. The zero-order valence-corrected chi connectivity index (χ0v) is 17.6. The molecule has 1 aliphatic heterocycles. The zero-order valence-electron chi connectivity index (χ0n) is 16.0. The number of carbonyl (C=O) groups excluding carboxylic acids is 1. The predicted molar refractivity (Wildman–Crippen MR) is 114 cm³/mol. The van der Waals surface area contributed by atoms with Crippen LogP contribution in [0.2, 0.25) is 0 Å². The Labute approximate surface area is 172 Å². The lowest BCUT2D eigenvalue weighted by Crippen LogP contribution is -2.30. The van der Waals surface area contributed by atoms with Gasteiger partial charge in [0.05, 0.1) is 4.90 Å². The summed E-state index contributed by atoms with van der Waals surface area (Å²) in [5.41, 5.74) is 1.86. The van der Waals surface area contributed by atoms with Gasteiger partial charge in [-0.05, 0) is 68.8 Å². The van der Waals surface area contributed by atoms with Gasteiger partial charge in [-0.3, -0.25) is 9.52 Å². The third-order valence-corrected chi connectivity index (χ3v) is 6.11. The van der Waals surface area contributed by atoms with Gasteiger partial charge in [-0.2, -0.15) is 0 Å². The van der Waals surface area contributed by atoms with Crippen LogP contribution >= 0.6 is 12.4 Å². The average molecular weight is 424 g/mol. The third kappa shape index (κ3) is 5.25. The average Bonchev–Trinajstić information content (AvgIpc) is 3.10. The van der Waals surface area contributed by atoms with Gasteiger partial charge in [0.25, 0.3) is 15.9 Å². The molecule has 1 amide bonds. The Hall–Kier alpha value is -2.09. The van der Waals surface area contributed by atoms with Crippen LogP contribution in [0.3, 0.4) is 0 Å². The summed E-state index contributed by atoms with van der Waals surface area (Å²) in [6.07, 6.45) is 0.958. The first-order valence-corrected chi connectivity index (χ1v) is 10.5. The summed E-state index contributed by atoms with van der Waals surface area (Å²) >= 11 is 0. The minimum absolute atomic E-state index is 0. The molecule has 0 saturated carbocycles. The maximum absolute atomic E-state index is 12.8.